The average molecular weight is 562 g/mol. The van der Waals surface area contributed by atoms with Crippen LogP contribution in [0, 0.1) is 0 Å². The Morgan fingerprint density at radius 2 is 1.71 bits per heavy atom. The number of amides is 1. The third-order valence-electron chi connectivity index (χ3n) is 7.32. The summed E-state index contributed by atoms with van der Waals surface area (Å²) in [4.78, 5) is 31.2. The average Bonchev–Trinajstić information content (AvgIpc) is 3.61. The minimum atomic E-state index is -0.974. The van der Waals surface area contributed by atoms with Crippen molar-refractivity contribution in [2.45, 2.75) is 18.5 Å². The molecule has 0 saturated carbocycles. The predicted molar refractivity (Wildman–Crippen MR) is 162 cm³/mol. The summed E-state index contributed by atoms with van der Waals surface area (Å²) in [5.41, 5.74) is 3.58. The highest BCUT2D eigenvalue weighted by Gasteiger charge is 2.41. The fourth-order valence-electron chi connectivity index (χ4n) is 5.37. The van der Waals surface area contributed by atoms with Gasteiger partial charge in [0, 0.05) is 47.8 Å². The zero-order valence-electron chi connectivity index (χ0n) is 22.0. The van der Waals surface area contributed by atoms with E-state index in [1.54, 1.807) is 30.5 Å². The molecule has 3 heterocycles. The largest absolute Gasteiger partial charge is 0.478 e. The van der Waals surface area contributed by atoms with E-state index in [1.165, 1.54) is 0 Å². The van der Waals surface area contributed by atoms with Gasteiger partial charge in [-0.15, -0.1) is 0 Å². The number of pyridine rings is 1. The Morgan fingerprint density at radius 1 is 0.927 bits per heavy atom. The Labute approximate surface area is 242 Å². The third kappa shape index (κ3) is 5.27. The lowest BCUT2D eigenvalue weighted by atomic mass is 10.0. The molecule has 1 fully saturated rings. The molecule has 41 heavy (non-hydrogen) atoms. The van der Waals surface area contributed by atoms with Gasteiger partial charge in [0.25, 0.3) is 0 Å². The van der Waals surface area contributed by atoms with Gasteiger partial charge in [0.1, 0.15) is 0 Å². The number of aromatic nitrogens is 2. The van der Waals surface area contributed by atoms with Crippen molar-refractivity contribution in [3.63, 3.8) is 0 Å². The van der Waals surface area contributed by atoms with E-state index in [0.29, 0.717) is 11.7 Å². The number of anilines is 1. The summed E-state index contributed by atoms with van der Waals surface area (Å²) in [6.45, 7) is 0.388. The number of carboxylic acid groups (broad SMARTS) is 1. The Bertz CT molecular complexity index is 1730. The summed E-state index contributed by atoms with van der Waals surface area (Å²) < 4.78 is 2.02. The van der Waals surface area contributed by atoms with Crippen LogP contribution in [0.3, 0.4) is 0 Å². The van der Waals surface area contributed by atoms with Gasteiger partial charge >= 0.3 is 5.97 Å². The fraction of sp³-hybridized carbons (Fsp3) is 0.125. The van der Waals surface area contributed by atoms with Crippen molar-refractivity contribution in [2.24, 2.45) is 0 Å². The molecular formula is C32H27N5O3S. The number of hydrogen-bond donors (Lipinski definition) is 3. The summed E-state index contributed by atoms with van der Waals surface area (Å²) in [7, 11) is 0. The summed E-state index contributed by atoms with van der Waals surface area (Å²) in [6, 6.07) is 29.8. The normalized spacial score (nSPS) is 16.5. The lowest BCUT2D eigenvalue weighted by molar-refractivity contribution is -0.116. The van der Waals surface area contributed by atoms with Gasteiger partial charge in [-0.1, -0.05) is 42.5 Å². The maximum Gasteiger partial charge on any atom is 0.335 e. The topological polar surface area (TPSA) is 99.5 Å². The van der Waals surface area contributed by atoms with Gasteiger partial charge < -0.3 is 25.2 Å². The van der Waals surface area contributed by atoms with E-state index >= 15 is 0 Å². The first-order valence-corrected chi connectivity index (χ1v) is 13.7. The van der Waals surface area contributed by atoms with Crippen LogP contribution in [0.1, 0.15) is 40.3 Å². The maximum absolute atomic E-state index is 13.2. The molecule has 1 aliphatic rings. The summed E-state index contributed by atoms with van der Waals surface area (Å²) in [5.74, 6) is -1.08. The Morgan fingerprint density at radius 3 is 2.49 bits per heavy atom. The van der Waals surface area contributed by atoms with E-state index in [9.17, 15) is 14.7 Å². The highest BCUT2D eigenvalue weighted by Crippen LogP contribution is 2.39. The summed E-state index contributed by atoms with van der Waals surface area (Å²) in [5, 5.41) is 18.4. The molecule has 2 aromatic heterocycles. The number of rotatable bonds is 8. The zero-order valence-corrected chi connectivity index (χ0v) is 22.8. The van der Waals surface area contributed by atoms with Crippen LogP contribution in [0.15, 0.2) is 109 Å². The number of carboxylic acids is 1. The second-order valence-corrected chi connectivity index (χ2v) is 10.2. The number of nitrogens with zero attached hydrogens (tertiary/aromatic N) is 3. The highest BCUT2D eigenvalue weighted by atomic mass is 32.1. The standard InChI is InChI=1S/C32H27N5O3S/c38-28(34-25-11-5-8-21-7-1-2-9-24(21)25)17-20-37-30(29(35-32(37)41)26-10-3-4-18-33-26)27-12-6-19-36(27)23-15-13-22(14-16-23)31(39)40/h1-16,18-19,29-30H,17,20H2,(H,34,38)(H,35,41)(H,39,40)/t29-,30+/m1/s1. The molecule has 3 N–H and O–H groups in total. The number of fused-ring (bicyclic) bond motifs is 1. The molecule has 1 aliphatic heterocycles. The number of aromatic carboxylic acids is 1. The Hall–Kier alpha value is -5.02. The number of carbonyl (C=O) groups excluding carboxylic acids is 1. The molecular weight excluding hydrogens is 534 g/mol. The summed E-state index contributed by atoms with van der Waals surface area (Å²) in [6.07, 6.45) is 3.92. The first kappa shape index (κ1) is 26.2. The molecule has 9 heteroatoms. The molecule has 0 aliphatic carbocycles. The van der Waals surface area contributed by atoms with E-state index < -0.39 is 5.97 Å². The lowest BCUT2D eigenvalue weighted by Crippen LogP contribution is -2.33. The van der Waals surface area contributed by atoms with Crippen LogP contribution in [0.5, 0.6) is 0 Å². The van der Waals surface area contributed by atoms with Gasteiger partial charge in [0.15, 0.2) is 5.11 Å². The molecule has 0 radical (unpaired) electrons. The number of benzene rings is 3. The van der Waals surface area contributed by atoms with Crippen LogP contribution in [0.4, 0.5) is 5.69 Å². The van der Waals surface area contributed by atoms with E-state index in [-0.39, 0.29) is 30.0 Å². The fourth-order valence-corrected chi connectivity index (χ4v) is 5.70. The zero-order chi connectivity index (χ0) is 28.3. The molecule has 0 spiro atoms. The van der Waals surface area contributed by atoms with Crippen molar-refractivity contribution in [3.8, 4) is 5.69 Å². The predicted octanol–water partition coefficient (Wildman–Crippen LogP) is 5.73. The van der Waals surface area contributed by atoms with Crippen LogP contribution in [0.25, 0.3) is 16.5 Å². The first-order valence-electron chi connectivity index (χ1n) is 13.3. The van der Waals surface area contributed by atoms with Gasteiger partial charge in [-0.3, -0.25) is 9.78 Å². The van der Waals surface area contributed by atoms with Crippen LogP contribution >= 0.6 is 12.2 Å². The SMILES string of the molecule is O=C(CCN1C(=S)N[C@H](c2ccccn2)[C@@H]1c1cccn1-c1ccc(C(=O)O)cc1)Nc1cccc2ccccc12. The first-order chi connectivity index (χ1) is 20.0. The van der Waals surface area contributed by atoms with Gasteiger partial charge in [0.05, 0.1) is 23.3 Å². The minimum absolute atomic E-state index is 0.108. The monoisotopic (exact) mass is 561 g/mol. The Balaban J connectivity index is 1.29. The minimum Gasteiger partial charge on any atom is -0.478 e. The van der Waals surface area contributed by atoms with Crippen LogP contribution in [-0.2, 0) is 4.79 Å². The van der Waals surface area contributed by atoms with Crippen molar-refractivity contribution >= 4 is 45.7 Å². The molecule has 5 aromatic rings. The number of hydrogen-bond acceptors (Lipinski definition) is 4. The number of carbonyl (C=O) groups is 2. The molecule has 3 aromatic carbocycles. The molecule has 204 valence electrons. The molecule has 1 saturated heterocycles. The number of nitrogens with one attached hydrogen (secondary N) is 2. The molecule has 0 unspecified atom stereocenters. The van der Waals surface area contributed by atoms with Crippen molar-refractivity contribution in [2.75, 3.05) is 11.9 Å². The van der Waals surface area contributed by atoms with E-state index in [0.717, 1.165) is 33.5 Å². The lowest BCUT2D eigenvalue weighted by Gasteiger charge is -2.29. The van der Waals surface area contributed by atoms with Crippen LogP contribution in [-0.4, -0.2) is 43.1 Å². The molecule has 0 bridgehead atoms. The molecule has 6 rings (SSSR count). The van der Waals surface area contributed by atoms with Crippen LogP contribution < -0.4 is 10.6 Å². The molecule has 1 amide bonds. The van der Waals surface area contributed by atoms with Gasteiger partial charge in [-0.2, -0.15) is 0 Å². The van der Waals surface area contributed by atoms with Crippen molar-refractivity contribution in [1.82, 2.24) is 19.8 Å². The molecule has 8 nitrogen and oxygen atoms in total. The van der Waals surface area contributed by atoms with Gasteiger partial charge in [-0.05, 0) is 72.2 Å². The Kier molecular flexibility index (Phi) is 7.18. The van der Waals surface area contributed by atoms with E-state index in [4.69, 9.17) is 12.2 Å². The second kappa shape index (κ2) is 11.2. The molecule has 2 atom stereocenters. The van der Waals surface area contributed by atoms with Crippen LogP contribution in [0.2, 0.25) is 0 Å². The third-order valence-corrected chi connectivity index (χ3v) is 7.67. The van der Waals surface area contributed by atoms with Crippen molar-refractivity contribution in [1.29, 1.82) is 0 Å². The van der Waals surface area contributed by atoms with Crippen molar-refractivity contribution < 1.29 is 14.7 Å². The highest BCUT2D eigenvalue weighted by molar-refractivity contribution is 7.80. The second-order valence-electron chi connectivity index (χ2n) is 9.80. The van der Waals surface area contributed by atoms with Gasteiger partial charge in [0.2, 0.25) is 5.91 Å². The number of thiocarbonyl (C=S) groups is 1. The quantitative estimate of drug-likeness (QED) is 0.208. The van der Waals surface area contributed by atoms with Crippen molar-refractivity contribution in [3.05, 3.63) is 126 Å². The maximum atomic E-state index is 13.2. The van der Waals surface area contributed by atoms with E-state index in [1.807, 2.05) is 88.5 Å². The van der Waals surface area contributed by atoms with E-state index in [2.05, 4.69) is 15.6 Å². The van der Waals surface area contributed by atoms with Gasteiger partial charge in [-0.25, -0.2) is 4.79 Å². The summed E-state index contributed by atoms with van der Waals surface area (Å²) >= 11 is 5.80. The smallest absolute Gasteiger partial charge is 0.335 e.